The van der Waals surface area contributed by atoms with Gasteiger partial charge in [-0.25, -0.2) is 0 Å². The third kappa shape index (κ3) is 4.31. The molecule has 1 heterocycles. The highest BCUT2D eigenvalue weighted by Crippen LogP contribution is 2.39. The van der Waals surface area contributed by atoms with Crippen molar-refractivity contribution in [3.8, 4) is 0 Å². The number of hydrogen-bond donors (Lipinski definition) is 1. The summed E-state index contributed by atoms with van der Waals surface area (Å²) < 4.78 is 0. The van der Waals surface area contributed by atoms with Crippen molar-refractivity contribution in [2.75, 3.05) is 4.90 Å². The van der Waals surface area contributed by atoms with Gasteiger partial charge in [-0.15, -0.1) is 0 Å². The first-order valence-corrected chi connectivity index (χ1v) is 11.0. The molecule has 0 radical (unpaired) electrons. The summed E-state index contributed by atoms with van der Waals surface area (Å²) in [7, 11) is 0. The quantitative estimate of drug-likeness (QED) is 0.556. The monoisotopic (exact) mass is 416 g/mol. The van der Waals surface area contributed by atoms with Crippen molar-refractivity contribution in [1.82, 2.24) is 5.32 Å². The molecule has 2 aromatic rings. The fraction of sp³-hybridized carbons (Fsp3) is 0.346. The van der Waals surface area contributed by atoms with Crippen LogP contribution in [-0.2, 0) is 9.59 Å². The summed E-state index contributed by atoms with van der Waals surface area (Å²) in [4.78, 5) is 39.4. The number of rotatable bonds is 6. The predicted octanol–water partition coefficient (Wildman–Crippen LogP) is 4.53. The van der Waals surface area contributed by atoms with Crippen LogP contribution in [0, 0.1) is 0 Å². The third-order valence-electron chi connectivity index (χ3n) is 6.29. The fourth-order valence-electron chi connectivity index (χ4n) is 4.49. The normalized spacial score (nSPS) is 21.7. The first kappa shape index (κ1) is 21.0. The molecule has 0 bridgehead atoms. The maximum atomic E-state index is 13.5. The molecule has 160 valence electrons. The highest BCUT2D eigenvalue weighted by molar-refractivity contribution is 6.15. The second-order valence-electron chi connectivity index (χ2n) is 8.49. The van der Waals surface area contributed by atoms with Gasteiger partial charge in [0.05, 0.1) is 6.42 Å². The second kappa shape index (κ2) is 8.88. The molecule has 2 fully saturated rings. The van der Waals surface area contributed by atoms with Crippen LogP contribution in [0.1, 0.15) is 61.4 Å². The number of carbonyl (C=O) groups is 3. The van der Waals surface area contributed by atoms with Crippen molar-refractivity contribution in [3.63, 3.8) is 0 Å². The number of ketones is 1. The third-order valence-corrected chi connectivity index (χ3v) is 6.29. The summed E-state index contributed by atoms with van der Waals surface area (Å²) in [5.41, 5.74) is 1.10. The molecular weight excluding hydrogens is 388 g/mol. The zero-order chi connectivity index (χ0) is 21.8. The lowest BCUT2D eigenvalue weighted by atomic mass is 9.80. The Hall–Kier alpha value is -3.21. The summed E-state index contributed by atoms with van der Waals surface area (Å²) in [6.07, 6.45) is 9.28. The van der Waals surface area contributed by atoms with Crippen molar-refractivity contribution >= 4 is 29.4 Å². The van der Waals surface area contributed by atoms with Gasteiger partial charge in [-0.1, -0.05) is 55.7 Å². The Morgan fingerprint density at radius 3 is 2.29 bits per heavy atom. The number of benzene rings is 2. The minimum atomic E-state index is -1.07. The van der Waals surface area contributed by atoms with E-state index in [1.165, 1.54) is 13.3 Å². The van der Waals surface area contributed by atoms with E-state index >= 15 is 0 Å². The van der Waals surface area contributed by atoms with Gasteiger partial charge in [0.2, 0.25) is 5.91 Å². The Labute approximate surface area is 183 Å². The van der Waals surface area contributed by atoms with E-state index in [9.17, 15) is 14.4 Å². The maximum absolute atomic E-state index is 13.5. The Morgan fingerprint density at radius 2 is 1.68 bits per heavy atom. The lowest BCUT2D eigenvalue weighted by Crippen LogP contribution is -2.70. The van der Waals surface area contributed by atoms with Gasteiger partial charge in [0.15, 0.2) is 11.3 Å². The Morgan fingerprint density at radius 1 is 1.00 bits per heavy atom. The SMILES string of the molecule is CC(=O)c1ccc(N2C(=O)C[C@]2(/C=C/c2ccccc2)C(=O)NC2CCCCC2)cc1. The molecule has 1 aliphatic heterocycles. The smallest absolute Gasteiger partial charge is 0.251 e. The standard InChI is InChI=1S/C26H28N2O3/c1-19(29)21-12-14-23(15-13-21)28-24(30)18-26(28,17-16-20-8-4-2-5-9-20)25(31)27-22-10-6-3-7-11-22/h2,4-5,8-9,12-17,22H,3,6-7,10-11,18H2,1H3,(H,27,31)/b17-16+/t26-/m1/s1. The van der Waals surface area contributed by atoms with Gasteiger partial charge in [0, 0.05) is 17.3 Å². The highest BCUT2D eigenvalue weighted by Gasteiger charge is 2.55. The molecule has 1 N–H and O–H groups in total. The Balaban J connectivity index is 1.66. The predicted molar refractivity (Wildman–Crippen MR) is 122 cm³/mol. The number of amides is 2. The van der Waals surface area contributed by atoms with Gasteiger partial charge >= 0.3 is 0 Å². The van der Waals surface area contributed by atoms with E-state index < -0.39 is 5.54 Å². The van der Waals surface area contributed by atoms with Crippen molar-refractivity contribution in [3.05, 3.63) is 71.8 Å². The van der Waals surface area contributed by atoms with Crippen molar-refractivity contribution in [2.24, 2.45) is 0 Å². The van der Waals surface area contributed by atoms with Crippen LogP contribution in [0.25, 0.3) is 6.08 Å². The molecule has 1 atom stereocenters. The van der Waals surface area contributed by atoms with E-state index in [0.29, 0.717) is 11.3 Å². The minimum Gasteiger partial charge on any atom is -0.351 e. The van der Waals surface area contributed by atoms with Crippen LogP contribution < -0.4 is 10.2 Å². The highest BCUT2D eigenvalue weighted by atomic mass is 16.2. The average Bonchev–Trinajstić information content (AvgIpc) is 2.78. The first-order chi connectivity index (χ1) is 15.0. The molecule has 0 aromatic heterocycles. The summed E-state index contributed by atoms with van der Waals surface area (Å²) >= 11 is 0. The molecule has 2 amide bonds. The van der Waals surface area contributed by atoms with Crippen LogP contribution in [0.3, 0.4) is 0 Å². The molecular formula is C26H28N2O3. The molecule has 0 spiro atoms. The van der Waals surface area contributed by atoms with Gasteiger partial charge < -0.3 is 5.32 Å². The summed E-state index contributed by atoms with van der Waals surface area (Å²) in [6, 6.07) is 16.8. The molecule has 1 aliphatic carbocycles. The van der Waals surface area contributed by atoms with E-state index in [1.807, 2.05) is 42.5 Å². The van der Waals surface area contributed by atoms with Gasteiger partial charge in [-0.3, -0.25) is 19.3 Å². The van der Waals surface area contributed by atoms with Crippen LogP contribution in [0.5, 0.6) is 0 Å². The molecule has 2 aromatic carbocycles. The average molecular weight is 417 g/mol. The number of nitrogens with one attached hydrogen (secondary N) is 1. The van der Waals surface area contributed by atoms with E-state index in [-0.39, 0.29) is 30.1 Å². The molecule has 5 nitrogen and oxygen atoms in total. The van der Waals surface area contributed by atoms with E-state index in [1.54, 1.807) is 29.2 Å². The fourth-order valence-corrected chi connectivity index (χ4v) is 4.49. The van der Waals surface area contributed by atoms with Crippen molar-refractivity contribution < 1.29 is 14.4 Å². The summed E-state index contributed by atoms with van der Waals surface area (Å²) in [5, 5.41) is 3.21. The van der Waals surface area contributed by atoms with Gasteiger partial charge in [0.25, 0.3) is 5.91 Å². The molecule has 5 heteroatoms. The largest absolute Gasteiger partial charge is 0.351 e. The van der Waals surface area contributed by atoms with Gasteiger partial charge in [0.1, 0.15) is 0 Å². The van der Waals surface area contributed by atoms with E-state index in [2.05, 4.69) is 5.32 Å². The van der Waals surface area contributed by atoms with Crippen LogP contribution in [-0.4, -0.2) is 29.2 Å². The molecule has 1 saturated heterocycles. The number of anilines is 1. The van der Waals surface area contributed by atoms with E-state index in [0.717, 1.165) is 31.2 Å². The molecule has 2 aliphatic rings. The molecule has 4 rings (SSSR count). The summed E-state index contributed by atoms with van der Waals surface area (Å²) in [6.45, 7) is 1.51. The van der Waals surface area contributed by atoms with Crippen LogP contribution in [0.15, 0.2) is 60.7 Å². The molecule has 0 unspecified atom stereocenters. The zero-order valence-corrected chi connectivity index (χ0v) is 17.8. The molecule has 1 saturated carbocycles. The number of nitrogens with zero attached hydrogens (tertiary/aromatic N) is 1. The Bertz CT molecular complexity index is 991. The maximum Gasteiger partial charge on any atom is 0.251 e. The lowest BCUT2D eigenvalue weighted by molar-refractivity contribution is -0.137. The number of carbonyl (C=O) groups excluding carboxylic acids is 3. The Kier molecular flexibility index (Phi) is 6.03. The minimum absolute atomic E-state index is 0.0354. The van der Waals surface area contributed by atoms with E-state index in [4.69, 9.17) is 0 Å². The second-order valence-corrected chi connectivity index (χ2v) is 8.49. The number of β-lactam (4-membered cyclic amide) rings is 1. The van der Waals surface area contributed by atoms with Crippen molar-refractivity contribution in [2.45, 2.75) is 57.0 Å². The van der Waals surface area contributed by atoms with Crippen LogP contribution in [0.2, 0.25) is 0 Å². The number of hydrogen-bond acceptors (Lipinski definition) is 3. The first-order valence-electron chi connectivity index (χ1n) is 11.0. The number of Topliss-reactive ketones (excluding diaryl/α,β-unsaturated/α-hetero) is 1. The van der Waals surface area contributed by atoms with Gasteiger partial charge in [-0.05, 0) is 55.7 Å². The molecule has 31 heavy (non-hydrogen) atoms. The van der Waals surface area contributed by atoms with Gasteiger partial charge in [-0.2, -0.15) is 0 Å². The zero-order valence-electron chi connectivity index (χ0n) is 17.8. The van der Waals surface area contributed by atoms with Crippen molar-refractivity contribution in [1.29, 1.82) is 0 Å². The summed E-state index contributed by atoms with van der Waals surface area (Å²) in [5.74, 6) is -0.277. The lowest BCUT2D eigenvalue weighted by Gasteiger charge is -2.49. The van der Waals surface area contributed by atoms with Crippen LogP contribution in [0.4, 0.5) is 5.69 Å². The van der Waals surface area contributed by atoms with Crippen LogP contribution >= 0.6 is 0 Å². The topological polar surface area (TPSA) is 66.5 Å².